The lowest BCUT2D eigenvalue weighted by molar-refractivity contribution is -0.123. The Balaban J connectivity index is 1.50. The van der Waals surface area contributed by atoms with E-state index in [1.54, 1.807) is 0 Å². The molecule has 0 saturated carbocycles. The second-order valence-corrected chi connectivity index (χ2v) is 6.01. The molecule has 0 amide bonds. The maximum atomic E-state index is 12.4. The number of Topliss-reactive ketones (excluding diaryl/α,β-unsaturated/α-hetero) is 1. The van der Waals surface area contributed by atoms with Crippen LogP contribution >= 0.6 is 0 Å². The predicted octanol–water partition coefficient (Wildman–Crippen LogP) is 4.38. The van der Waals surface area contributed by atoms with Crippen molar-refractivity contribution in [2.45, 2.75) is 38.5 Å². The normalized spacial score (nSPS) is 17.2. The van der Waals surface area contributed by atoms with Crippen LogP contribution in [0.5, 0.6) is 0 Å². The monoisotopic (exact) mass is 278 g/mol. The van der Waals surface area contributed by atoms with Crippen LogP contribution in [0, 0.1) is 5.92 Å². The largest absolute Gasteiger partial charge is 0.299 e. The minimum absolute atomic E-state index is 0.246. The van der Waals surface area contributed by atoms with Gasteiger partial charge >= 0.3 is 0 Å². The molecule has 3 rings (SSSR count). The second-order valence-electron chi connectivity index (χ2n) is 6.01. The number of hydrogen-bond acceptors (Lipinski definition) is 1. The Kier molecular flexibility index (Phi) is 4.49. The highest BCUT2D eigenvalue weighted by Crippen LogP contribution is 2.27. The first-order valence-electron chi connectivity index (χ1n) is 7.96. The van der Waals surface area contributed by atoms with Crippen molar-refractivity contribution < 1.29 is 4.79 Å². The molecule has 1 aliphatic carbocycles. The molecule has 1 aliphatic rings. The molecular weight excluding hydrogens is 256 g/mol. The Morgan fingerprint density at radius 2 is 1.67 bits per heavy atom. The van der Waals surface area contributed by atoms with E-state index in [4.69, 9.17) is 0 Å². The van der Waals surface area contributed by atoms with Crippen molar-refractivity contribution in [3.8, 4) is 0 Å². The fraction of sp³-hybridized carbons (Fsp3) is 0.350. The Bertz CT molecular complexity index is 600. The van der Waals surface area contributed by atoms with Crippen LogP contribution in [-0.2, 0) is 24.1 Å². The number of ketones is 1. The molecule has 1 unspecified atom stereocenters. The summed E-state index contributed by atoms with van der Waals surface area (Å²) < 4.78 is 0. The molecule has 21 heavy (non-hydrogen) atoms. The van der Waals surface area contributed by atoms with Crippen molar-refractivity contribution >= 4 is 5.78 Å². The van der Waals surface area contributed by atoms with Crippen molar-refractivity contribution in [1.29, 1.82) is 0 Å². The van der Waals surface area contributed by atoms with Crippen LogP contribution in [0.4, 0.5) is 0 Å². The van der Waals surface area contributed by atoms with Gasteiger partial charge in [0.2, 0.25) is 0 Å². The van der Waals surface area contributed by atoms with Gasteiger partial charge in [-0.1, -0.05) is 54.6 Å². The van der Waals surface area contributed by atoms with Crippen LogP contribution in [0.25, 0.3) is 0 Å². The van der Waals surface area contributed by atoms with E-state index in [-0.39, 0.29) is 5.92 Å². The highest BCUT2D eigenvalue weighted by Gasteiger charge is 2.23. The number of hydrogen-bond donors (Lipinski definition) is 0. The molecule has 0 aromatic heterocycles. The van der Waals surface area contributed by atoms with Crippen LogP contribution < -0.4 is 0 Å². The molecule has 1 nitrogen and oxygen atoms in total. The summed E-state index contributed by atoms with van der Waals surface area (Å²) in [6, 6.07) is 19.0. The van der Waals surface area contributed by atoms with Crippen molar-refractivity contribution in [2.75, 3.05) is 0 Å². The zero-order valence-electron chi connectivity index (χ0n) is 12.4. The number of carbonyl (C=O) groups is 1. The van der Waals surface area contributed by atoms with Gasteiger partial charge in [0.1, 0.15) is 5.78 Å². The summed E-state index contributed by atoms with van der Waals surface area (Å²) >= 11 is 0. The first-order valence-corrected chi connectivity index (χ1v) is 7.96. The third-order valence-corrected chi connectivity index (χ3v) is 4.53. The zero-order chi connectivity index (χ0) is 14.5. The lowest BCUT2D eigenvalue weighted by Crippen LogP contribution is -2.22. The van der Waals surface area contributed by atoms with Crippen LogP contribution in [0.15, 0.2) is 54.6 Å². The third-order valence-electron chi connectivity index (χ3n) is 4.53. The molecule has 2 aromatic carbocycles. The topological polar surface area (TPSA) is 17.1 Å². The van der Waals surface area contributed by atoms with Crippen LogP contribution in [0.1, 0.15) is 36.0 Å². The van der Waals surface area contributed by atoms with Crippen molar-refractivity contribution in [2.24, 2.45) is 5.92 Å². The van der Waals surface area contributed by atoms with Gasteiger partial charge in [-0.05, 0) is 48.8 Å². The van der Waals surface area contributed by atoms with Gasteiger partial charge in [-0.25, -0.2) is 0 Å². The molecule has 0 saturated heterocycles. The number of fused-ring (bicyclic) bond motifs is 1. The predicted molar refractivity (Wildman–Crippen MR) is 86.3 cm³/mol. The molecule has 2 aromatic rings. The van der Waals surface area contributed by atoms with Gasteiger partial charge in [0.25, 0.3) is 0 Å². The van der Waals surface area contributed by atoms with E-state index in [2.05, 4.69) is 48.5 Å². The molecule has 0 fully saturated rings. The van der Waals surface area contributed by atoms with Crippen molar-refractivity contribution in [1.82, 2.24) is 0 Å². The molecule has 108 valence electrons. The van der Waals surface area contributed by atoms with Gasteiger partial charge in [0, 0.05) is 12.3 Å². The van der Waals surface area contributed by atoms with Gasteiger partial charge in [-0.3, -0.25) is 4.79 Å². The highest BCUT2D eigenvalue weighted by atomic mass is 16.1. The molecule has 0 spiro atoms. The molecule has 0 aliphatic heterocycles. The summed E-state index contributed by atoms with van der Waals surface area (Å²) in [4.78, 5) is 12.4. The minimum Gasteiger partial charge on any atom is -0.299 e. The number of carbonyl (C=O) groups excluding carboxylic acids is 1. The summed E-state index contributed by atoms with van der Waals surface area (Å²) in [5.41, 5.74) is 4.15. The summed E-state index contributed by atoms with van der Waals surface area (Å²) in [6.45, 7) is 0. The number of benzene rings is 2. The summed E-state index contributed by atoms with van der Waals surface area (Å²) in [6.07, 6.45) is 5.74. The lowest BCUT2D eigenvalue weighted by atomic mass is 9.80. The smallest absolute Gasteiger partial charge is 0.136 e. The van der Waals surface area contributed by atoms with E-state index in [0.717, 1.165) is 38.5 Å². The van der Waals surface area contributed by atoms with E-state index < -0.39 is 0 Å². The van der Waals surface area contributed by atoms with Crippen molar-refractivity contribution in [3.05, 3.63) is 71.3 Å². The quantitative estimate of drug-likeness (QED) is 0.793. The van der Waals surface area contributed by atoms with E-state index in [9.17, 15) is 4.79 Å². The summed E-state index contributed by atoms with van der Waals surface area (Å²) in [7, 11) is 0. The zero-order valence-corrected chi connectivity index (χ0v) is 12.4. The van der Waals surface area contributed by atoms with Gasteiger partial charge in [-0.2, -0.15) is 0 Å². The number of rotatable bonds is 5. The molecular formula is C20H22O. The summed E-state index contributed by atoms with van der Waals surface area (Å²) in [5, 5.41) is 0. The Morgan fingerprint density at radius 3 is 2.48 bits per heavy atom. The summed E-state index contributed by atoms with van der Waals surface area (Å²) in [5.74, 6) is 0.705. The van der Waals surface area contributed by atoms with Crippen LogP contribution in [0.3, 0.4) is 0 Å². The average Bonchev–Trinajstić information content (AvgIpc) is 2.55. The molecule has 0 bridgehead atoms. The Labute approximate surface area is 127 Å². The van der Waals surface area contributed by atoms with Crippen molar-refractivity contribution in [3.63, 3.8) is 0 Å². The average molecular weight is 278 g/mol. The first-order chi connectivity index (χ1) is 10.3. The molecule has 0 N–H and O–H groups in total. The maximum absolute atomic E-state index is 12.4. The molecule has 0 heterocycles. The Morgan fingerprint density at radius 1 is 0.952 bits per heavy atom. The van der Waals surface area contributed by atoms with Crippen LogP contribution in [0.2, 0.25) is 0 Å². The van der Waals surface area contributed by atoms with Gasteiger partial charge in [-0.15, -0.1) is 0 Å². The molecule has 1 heteroatoms. The SMILES string of the molecule is O=C(CCCc1ccccc1)C1CCc2ccccc2C1. The molecule has 1 atom stereocenters. The number of aryl methyl sites for hydroxylation is 2. The fourth-order valence-electron chi connectivity index (χ4n) is 3.29. The van der Waals surface area contributed by atoms with E-state index >= 15 is 0 Å². The van der Waals surface area contributed by atoms with Gasteiger partial charge in [0.05, 0.1) is 0 Å². The second kappa shape index (κ2) is 6.71. The lowest BCUT2D eigenvalue weighted by Gasteiger charge is -2.23. The third kappa shape index (κ3) is 3.60. The molecule has 0 radical (unpaired) electrons. The Hall–Kier alpha value is -1.89. The maximum Gasteiger partial charge on any atom is 0.136 e. The minimum atomic E-state index is 0.246. The standard InChI is InChI=1S/C20H22O/c21-20(12-6-9-16-7-2-1-3-8-16)19-14-13-17-10-4-5-11-18(17)15-19/h1-5,7-8,10-11,19H,6,9,12-15H2. The van der Waals surface area contributed by atoms with E-state index in [1.165, 1.54) is 16.7 Å². The first kappa shape index (κ1) is 14.1. The van der Waals surface area contributed by atoms with E-state index in [1.807, 2.05) is 6.07 Å². The van der Waals surface area contributed by atoms with E-state index in [0.29, 0.717) is 5.78 Å². The fourth-order valence-corrected chi connectivity index (χ4v) is 3.29. The highest BCUT2D eigenvalue weighted by molar-refractivity contribution is 5.81. The van der Waals surface area contributed by atoms with Crippen LogP contribution in [-0.4, -0.2) is 5.78 Å². The van der Waals surface area contributed by atoms with Gasteiger partial charge in [0.15, 0.2) is 0 Å². The van der Waals surface area contributed by atoms with Gasteiger partial charge < -0.3 is 0 Å².